The second kappa shape index (κ2) is 35.4. The molecule has 0 N–H and O–H groups in total. The van der Waals surface area contributed by atoms with Crippen LogP contribution < -0.4 is 9.47 Å². The van der Waals surface area contributed by atoms with Crippen LogP contribution >= 0.6 is 0 Å². The highest BCUT2D eigenvalue weighted by atomic mass is 16.7. The third-order valence-electron chi connectivity index (χ3n) is 11.8. The minimum absolute atomic E-state index is 0.0936. The lowest BCUT2D eigenvalue weighted by molar-refractivity contribution is -0.0658. The molecule has 58 heavy (non-hydrogen) atoms. The molecule has 0 radical (unpaired) electrons. The molecular formula is C53H89NO4. The zero-order chi connectivity index (χ0) is 41.0. The average molecular weight is 804 g/mol. The topological polar surface area (TPSA) is 40.2 Å². The maximum absolute atomic E-state index is 6.54. The molecule has 2 heterocycles. The Morgan fingerprint density at radius 1 is 0.569 bits per heavy atom. The van der Waals surface area contributed by atoms with Gasteiger partial charge in [-0.1, -0.05) is 152 Å². The smallest absolute Gasteiger partial charge is 0.184 e. The first-order chi connectivity index (χ1) is 28.7. The van der Waals surface area contributed by atoms with E-state index in [0.29, 0.717) is 12.6 Å². The Balaban J connectivity index is 1.34. The van der Waals surface area contributed by atoms with Crippen molar-refractivity contribution in [3.63, 3.8) is 0 Å². The summed E-state index contributed by atoms with van der Waals surface area (Å²) in [4.78, 5) is 2.61. The number of nitrogens with zero attached hydrogens (tertiary/aromatic N) is 1. The number of benzene rings is 1. The number of hydrogen-bond donors (Lipinski definition) is 0. The standard InChI is InChI=1S/C53H89NO4/c1-4-6-8-10-12-14-16-18-20-22-24-26-28-30-32-37-41-55-50-43-49(53-57-47-52(58-53)46-54-40-36-34-35-39-48(54)3)44-51(45-50)56-42-38-33-31-29-27-25-23-21-19-17-15-13-11-9-7-5-2/h12-15,18-21,43-45,48,52-53H,4-11,16-17,22-42,46-47H2,1-3H3/b14-12-,15-13-,20-18-,21-19-. The number of allylic oxidation sites excluding steroid dienone is 8. The summed E-state index contributed by atoms with van der Waals surface area (Å²) in [7, 11) is 0. The minimum atomic E-state index is -0.373. The molecule has 0 spiro atoms. The van der Waals surface area contributed by atoms with Gasteiger partial charge < -0.3 is 18.9 Å². The summed E-state index contributed by atoms with van der Waals surface area (Å²) < 4.78 is 25.5. The van der Waals surface area contributed by atoms with Crippen molar-refractivity contribution in [1.29, 1.82) is 0 Å². The Morgan fingerprint density at radius 2 is 1.05 bits per heavy atom. The molecule has 0 amide bonds. The fourth-order valence-electron chi connectivity index (χ4n) is 8.04. The van der Waals surface area contributed by atoms with Gasteiger partial charge in [-0.05, 0) is 115 Å². The Bertz CT molecular complexity index is 1150. The van der Waals surface area contributed by atoms with E-state index in [1.807, 2.05) is 0 Å². The fraction of sp³-hybridized carbons (Fsp3) is 0.736. The van der Waals surface area contributed by atoms with Crippen molar-refractivity contribution in [3.8, 4) is 11.5 Å². The second-order valence-electron chi connectivity index (χ2n) is 17.2. The van der Waals surface area contributed by atoms with Gasteiger partial charge in [0.25, 0.3) is 0 Å². The van der Waals surface area contributed by atoms with Gasteiger partial charge in [-0.3, -0.25) is 4.90 Å². The molecule has 0 aromatic heterocycles. The Morgan fingerprint density at radius 3 is 1.57 bits per heavy atom. The van der Waals surface area contributed by atoms with Crippen molar-refractivity contribution < 1.29 is 18.9 Å². The van der Waals surface area contributed by atoms with Crippen LogP contribution in [0.1, 0.15) is 212 Å². The molecule has 3 unspecified atom stereocenters. The molecule has 1 aromatic carbocycles. The van der Waals surface area contributed by atoms with Crippen molar-refractivity contribution in [2.75, 3.05) is 32.9 Å². The Hall–Kier alpha value is -2.34. The zero-order valence-corrected chi connectivity index (χ0v) is 38.0. The van der Waals surface area contributed by atoms with Crippen molar-refractivity contribution in [3.05, 3.63) is 72.4 Å². The minimum Gasteiger partial charge on any atom is -0.493 e. The number of hydrogen-bond acceptors (Lipinski definition) is 5. The summed E-state index contributed by atoms with van der Waals surface area (Å²) >= 11 is 0. The predicted octanol–water partition coefficient (Wildman–Crippen LogP) is 15.7. The molecular weight excluding hydrogens is 715 g/mol. The number of rotatable bonds is 35. The van der Waals surface area contributed by atoms with E-state index < -0.39 is 0 Å². The molecule has 3 rings (SSSR count). The number of likely N-dealkylation sites (tertiary alicyclic amines) is 1. The van der Waals surface area contributed by atoms with Crippen molar-refractivity contribution in [2.45, 2.75) is 219 Å². The van der Waals surface area contributed by atoms with Gasteiger partial charge in [0.1, 0.15) is 11.5 Å². The number of unbranched alkanes of at least 4 members (excludes halogenated alkanes) is 18. The second-order valence-corrected chi connectivity index (χ2v) is 17.2. The SMILES string of the molecule is CCCCC/C=C\C/C=C\CCCCCCCCOc1cc(OCCCCCCCC/C=C\C/C=C\CCCCC)cc(C2OCC(CN3CCCCCC3C)O2)c1. The predicted molar refractivity (Wildman–Crippen MR) is 249 cm³/mol. The van der Waals surface area contributed by atoms with E-state index in [-0.39, 0.29) is 12.4 Å². The molecule has 2 fully saturated rings. The van der Waals surface area contributed by atoms with Crippen LogP contribution in [0.15, 0.2) is 66.8 Å². The number of ether oxygens (including phenoxy) is 4. The van der Waals surface area contributed by atoms with E-state index in [0.717, 1.165) is 69.0 Å². The van der Waals surface area contributed by atoms with Crippen molar-refractivity contribution in [2.24, 2.45) is 0 Å². The molecule has 3 atom stereocenters. The lowest BCUT2D eigenvalue weighted by Crippen LogP contribution is -2.39. The molecule has 5 heteroatoms. The van der Waals surface area contributed by atoms with E-state index >= 15 is 0 Å². The molecule has 0 bridgehead atoms. The summed E-state index contributed by atoms with van der Waals surface area (Å²) in [5.74, 6) is 1.73. The lowest BCUT2D eigenvalue weighted by Gasteiger charge is -2.28. The van der Waals surface area contributed by atoms with Crippen LogP contribution in [0.2, 0.25) is 0 Å². The summed E-state index contributed by atoms with van der Waals surface area (Å²) in [5, 5.41) is 0. The normalized spacial score (nSPS) is 19.4. The van der Waals surface area contributed by atoms with Gasteiger partial charge in [0.15, 0.2) is 6.29 Å². The monoisotopic (exact) mass is 804 g/mol. The highest BCUT2D eigenvalue weighted by Gasteiger charge is 2.31. The molecule has 330 valence electrons. The first kappa shape index (κ1) is 50.0. The van der Waals surface area contributed by atoms with Gasteiger partial charge >= 0.3 is 0 Å². The Kier molecular flexibility index (Phi) is 30.5. The van der Waals surface area contributed by atoms with Crippen LogP contribution in [0.4, 0.5) is 0 Å². The molecule has 2 aliphatic rings. The maximum Gasteiger partial charge on any atom is 0.184 e. The van der Waals surface area contributed by atoms with Gasteiger partial charge in [0, 0.05) is 24.2 Å². The van der Waals surface area contributed by atoms with Crippen LogP contribution in [0.3, 0.4) is 0 Å². The highest BCUT2D eigenvalue weighted by molar-refractivity contribution is 5.39. The summed E-state index contributed by atoms with van der Waals surface area (Å²) in [6.45, 7) is 11.1. The van der Waals surface area contributed by atoms with Gasteiger partial charge in [-0.25, -0.2) is 0 Å². The molecule has 2 aliphatic heterocycles. The summed E-state index contributed by atoms with van der Waals surface area (Å²) in [6, 6.07) is 6.91. The van der Waals surface area contributed by atoms with Crippen LogP contribution in [0.5, 0.6) is 11.5 Å². The van der Waals surface area contributed by atoms with Crippen LogP contribution in [-0.4, -0.2) is 50.0 Å². The van der Waals surface area contributed by atoms with E-state index in [2.05, 4.69) is 92.5 Å². The Labute approximate surface area is 358 Å². The van der Waals surface area contributed by atoms with Crippen molar-refractivity contribution >= 4 is 0 Å². The van der Waals surface area contributed by atoms with Crippen LogP contribution in [0.25, 0.3) is 0 Å². The molecule has 5 nitrogen and oxygen atoms in total. The van der Waals surface area contributed by atoms with Crippen LogP contribution in [-0.2, 0) is 9.47 Å². The van der Waals surface area contributed by atoms with Gasteiger partial charge in [0.05, 0.1) is 25.9 Å². The molecule has 2 saturated heterocycles. The lowest BCUT2D eigenvalue weighted by atomic mass is 10.1. The fourth-order valence-corrected chi connectivity index (χ4v) is 8.04. The summed E-state index contributed by atoms with van der Waals surface area (Å²) in [6.07, 6.45) is 53.6. The average Bonchev–Trinajstić information content (AvgIpc) is 3.61. The van der Waals surface area contributed by atoms with E-state index in [4.69, 9.17) is 18.9 Å². The van der Waals surface area contributed by atoms with E-state index in [1.165, 1.54) is 154 Å². The van der Waals surface area contributed by atoms with Crippen LogP contribution in [0, 0.1) is 0 Å². The zero-order valence-electron chi connectivity index (χ0n) is 38.0. The molecule has 0 aliphatic carbocycles. The van der Waals surface area contributed by atoms with Crippen molar-refractivity contribution in [1.82, 2.24) is 4.90 Å². The van der Waals surface area contributed by atoms with Gasteiger partial charge in [0.2, 0.25) is 0 Å². The first-order valence-corrected chi connectivity index (χ1v) is 24.7. The largest absolute Gasteiger partial charge is 0.493 e. The highest BCUT2D eigenvalue weighted by Crippen LogP contribution is 2.34. The maximum atomic E-state index is 6.54. The molecule has 1 aromatic rings. The third kappa shape index (κ3) is 25.3. The quantitative estimate of drug-likeness (QED) is 0.0505. The van der Waals surface area contributed by atoms with Gasteiger partial charge in [-0.15, -0.1) is 0 Å². The van der Waals surface area contributed by atoms with Gasteiger partial charge in [-0.2, -0.15) is 0 Å². The first-order valence-electron chi connectivity index (χ1n) is 24.7. The van der Waals surface area contributed by atoms with E-state index in [9.17, 15) is 0 Å². The summed E-state index contributed by atoms with van der Waals surface area (Å²) in [5.41, 5.74) is 1.01. The van der Waals surface area contributed by atoms with E-state index in [1.54, 1.807) is 0 Å². The third-order valence-corrected chi connectivity index (χ3v) is 11.8. The molecule has 0 saturated carbocycles.